The van der Waals surface area contributed by atoms with E-state index in [0.717, 1.165) is 38.8 Å². The molecular formula is C27H24N4O2S. The van der Waals surface area contributed by atoms with Gasteiger partial charge in [0, 0.05) is 35.1 Å². The van der Waals surface area contributed by atoms with Gasteiger partial charge in [-0.25, -0.2) is 9.99 Å². The summed E-state index contributed by atoms with van der Waals surface area (Å²) in [5.74, 6) is 0. The first-order valence-electron chi connectivity index (χ1n) is 11.1. The number of aromatic nitrogens is 1. The highest BCUT2D eigenvalue weighted by atomic mass is 32.1. The molecule has 0 radical (unpaired) electrons. The lowest BCUT2D eigenvalue weighted by molar-refractivity contribution is -0.384. The molecule has 0 saturated heterocycles. The summed E-state index contributed by atoms with van der Waals surface area (Å²) in [6, 6.07) is 21.3. The van der Waals surface area contributed by atoms with Crippen molar-refractivity contribution in [1.29, 1.82) is 0 Å². The molecule has 170 valence electrons. The zero-order chi connectivity index (χ0) is 23.8. The van der Waals surface area contributed by atoms with Crippen LogP contribution in [0.2, 0.25) is 0 Å². The Hall–Kier alpha value is -3.84. The molecule has 0 amide bonds. The van der Waals surface area contributed by atoms with E-state index < -0.39 is 0 Å². The van der Waals surface area contributed by atoms with Crippen LogP contribution in [-0.4, -0.2) is 15.6 Å². The number of nitro benzene ring substituents is 1. The van der Waals surface area contributed by atoms with Crippen LogP contribution < -0.4 is 5.01 Å². The number of benzene rings is 3. The Balaban J connectivity index is 1.57. The molecule has 1 aromatic heterocycles. The second-order valence-electron chi connectivity index (χ2n) is 8.66. The molecule has 4 aromatic rings. The maximum Gasteiger partial charge on any atom is 0.269 e. The lowest BCUT2D eigenvalue weighted by atomic mass is 9.95. The van der Waals surface area contributed by atoms with Crippen molar-refractivity contribution in [2.45, 2.75) is 33.2 Å². The van der Waals surface area contributed by atoms with Crippen molar-refractivity contribution < 1.29 is 4.92 Å². The van der Waals surface area contributed by atoms with Crippen LogP contribution in [0, 0.1) is 30.9 Å². The Labute approximate surface area is 202 Å². The molecule has 0 spiro atoms. The van der Waals surface area contributed by atoms with Gasteiger partial charge in [-0.3, -0.25) is 10.1 Å². The number of hydrogen-bond donors (Lipinski definition) is 0. The van der Waals surface area contributed by atoms with Crippen LogP contribution >= 0.6 is 11.3 Å². The molecule has 0 N–H and O–H groups in total. The number of thiazole rings is 1. The molecular weight excluding hydrogens is 444 g/mol. The third kappa shape index (κ3) is 4.22. The molecule has 0 fully saturated rings. The van der Waals surface area contributed by atoms with E-state index in [0.29, 0.717) is 6.42 Å². The Morgan fingerprint density at radius 1 is 1.00 bits per heavy atom. The second kappa shape index (κ2) is 8.83. The number of aryl methyl sites for hydroxylation is 3. The van der Waals surface area contributed by atoms with E-state index >= 15 is 0 Å². The van der Waals surface area contributed by atoms with Gasteiger partial charge in [0.05, 0.1) is 22.4 Å². The number of hydrazone groups is 1. The molecule has 7 heteroatoms. The highest BCUT2D eigenvalue weighted by molar-refractivity contribution is 7.14. The quantitative estimate of drug-likeness (QED) is 0.233. The van der Waals surface area contributed by atoms with E-state index in [-0.39, 0.29) is 16.7 Å². The predicted molar refractivity (Wildman–Crippen MR) is 138 cm³/mol. The first-order chi connectivity index (χ1) is 16.4. The lowest BCUT2D eigenvalue weighted by Crippen LogP contribution is -2.18. The fourth-order valence-corrected chi connectivity index (χ4v) is 5.06. The van der Waals surface area contributed by atoms with Crippen molar-refractivity contribution >= 4 is 27.9 Å². The SMILES string of the molecule is Cc1ccc(-c2csc(N3N=C(c4cc(C)ccc4C)CC3c3cccc([N+](=O)[O-])c3)n2)cc1. The van der Waals surface area contributed by atoms with E-state index in [9.17, 15) is 10.1 Å². The molecule has 6 nitrogen and oxygen atoms in total. The molecule has 1 aliphatic heterocycles. The highest BCUT2D eigenvalue weighted by Crippen LogP contribution is 2.40. The maximum absolute atomic E-state index is 11.4. The number of anilines is 1. The Morgan fingerprint density at radius 2 is 1.76 bits per heavy atom. The van der Waals surface area contributed by atoms with Gasteiger partial charge < -0.3 is 0 Å². The van der Waals surface area contributed by atoms with E-state index in [1.807, 2.05) is 16.5 Å². The summed E-state index contributed by atoms with van der Waals surface area (Å²) >= 11 is 1.53. The van der Waals surface area contributed by atoms with Crippen LogP contribution in [0.3, 0.4) is 0 Å². The first kappa shape index (κ1) is 22.0. The summed E-state index contributed by atoms with van der Waals surface area (Å²) in [5, 5.41) is 21.2. The van der Waals surface area contributed by atoms with Crippen molar-refractivity contribution in [2.75, 3.05) is 5.01 Å². The van der Waals surface area contributed by atoms with Crippen LogP contribution in [0.25, 0.3) is 11.3 Å². The van der Waals surface area contributed by atoms with Gasteiger partial charge in [-0.05, 0) is 38.0 Å². The Bertz CT molecular complexity index is 1410. The Morgan fingerprint density at radius 3 is 2.53 bits per heavy atom. The van der Waals surface area contributed by atoms with Crippen LogP contribution in [0.4, 0.5) is 10.8 Å². The molecule has 0 bridgehead atoms. The van der Waals surface area contributed by atoms with Gasteiger partial charge in [0.2, 0.25) is 5.13 Å². The van der Waals surface area contributed by atoms with Crippen molar-refractivity contribution in [3.63, 3.8) is 0 Å². The van der Waals surface area contributed by atoms with Crippen LogP contribution in [0.1, 0.15) is 40.3 Å². The summed E-state index contributed by atoms with van der Waals surface area (Å²) in [6.07, 6.45) is 0.644. The third-order valence-electron chi connectivity index (χ3n) is 6.12. The van der Waals surface area contributed by atoms with Crippen molar-refractivity contribution in [3.05, 3.63) is 110 Å². The average Bonchev–Trinajstić information content (AvgIpc) is 3.49. The van der Waals surface area contributed by atoms with Gasteiger partial charge >= 0.3 is 0 Å². The largest absolute Gasteiger partial charge is 0.269 e. The maximum atomic E-state index is 11.4. The number of nitro groups is 1. The van der Waals surface area contributed by atoms with Gasteiger partial charge in [0.1, 0.15) is 0 Å². The predicted octanol–water partition coefficient (Wildman–Crippen LogP) is 7.00. The van der Waals surface area contributed by atoms with Crippen molar-refractivity contribution in [3.8, 4) is 11.3 Å². The number of rotatable bonds is 5. The summed E-state index contributed by atoms with van der Waals surface area (Å²) < 4.78 is 0. The van der Waals surface area contributed by atoms with Gasteiger partial charge in [0.25, 0.3) is 5.69 Å². The highest BCUT2D eigenvalue weighted by Gasteiger charge is 2.33. The molecule has 2 heterocycles. The lowest BCUT2D eigenvalue weighted by Gasteiger charge is -2.21. The van der Waals surface area contributed by atoms with E-state index in [2.05, 4.69) is 63.2 Å². The zero-order valence-corrected chi connectivity index (χ0v) is 20.0. The second-order valence-corrected chi connectivity index (χ2v) is 9.50. The summed E-state index contributed by atoms with van der Waals surface area (Å²) in [5.41, 5.74) is 8.48. The van der Waals surface area contributed by atoms with Gasteiger partial charge in [-0.1, -0.05) is 59.7 Å². The van der Waals surface area contributed by atoms with Crippen LogP contribution in [-0.2, 0) is 0 Å². The standard InChI is InChI=1S/C27H24N4O2S/c1-17-8-11-20(12-9-17)25-16-34-27(28-25)30-26(21-5-4-6-22(14-21)31(32)33)15-24(29-30)23-13-18(2)7-10-19(23)3/h4-14,16,26H,15H2,1-3H3. The molecule has 0 saturated carbocycles. The average molecular weight is 469 g/mol. The first-order valence-corrected chi connectivity index (χ1v) is 12.0. The van der Waals surface area contributed by atoms with Crippen molar-refractivity contribution in [2.24, 2.45) is 5.10 Å². The minimum absolute atomic E-state index is 0.0807. The minimum atomic E-state index is -0.353. The topological polar surface area (TPSA) is 71.6 Å². The molecule has 1 unspecified atom stereocenters. The van der Waals surface area contributed by atoms with Gasteiger partial charge in [0.15, 0.2) is 0 Å². The molecule has 1 atom stereocenters. The van der Waals surface area contributed by atoms with E-state index in [4.69, 9.17) is 10.1 Å². The van der Waals surface area contributed by atoms with E-state index in [1.54, 1.807) is 12.1 Å². The van der Waals surface area contributed by atoms with Crippen LogP contribution in [0.15, 0.2) is 77.2 Å². The van der Waals surface area contributed by atoms with Gasteiger partial charge in [-0.2, -0.15) is 5.10 Å². The molecule has 5 rings (SSSR count). The van der Waals surface area contributed by atoms with E-state index in [1.165, 1.54) is 28.5 Å². The summed E-state index contributed by atoms with van der Waals surface area (Å²) in [7, 11) is 0. The Kier molecular flexibility index (Phi) is 5.71. The summed E-state index contributed by atoms with van der Waals surface area (Å²) in [6.45, 7) is 6.22. The number of nitrogens with zero attached hydrogens (tertiary/aromatic N) is 4. The van der Waals surface area contributed by atoms with Gasteiger partial charge in [-0.15, -0.1) is 11.3 Å². The number of hydrogen-bond acceptors (Lipinski definition) is 6. The monoisotopic (exact) mass is 468 g/mol. The fourth-order valence-electron chi connectivity index (χ4n) is 4.23. The molecule has 0 aliphatic carbocycles. The molecule has 3 aromatic carbocycles. The van der Waals surface area contributed by atoms with Crippen LogP contribution in [0.5, 0.6) is 0 Å². The molecule has 1 aliphatic rings. The number of non-ortho nitro benzene ring substituents is 1. The minimum Gasteiger partial charge on any atom is -0.258 e. The zero-order valence-electron chi connectivity index (χ0n) is 19.2. The fraction of sp³-hybridized carbons (Fsp3) is 0.185. The third-order valence-corrected chi connectivity index (χ3v) is 6.95. The normalized spacial score (nSPS) is 15.4. The molecule has 34 heavy (non-hydrogen) atoms. The smallest absolute Gasteiger partial charge is 0.258 e. The summed E-state index contributed by atoms with van der Waals surface area (Å²) in [4.78, 5) is 16.0. The van der Waals surface area contributed by atoms with Crippen molar-refractivity contribution in [1.82, 2.24) is 4.98 Å².